The molecule has 1 saturated heterocycles. The fourth-order valence-electron chi connectivity index (χ4n) is 3.06. The van der Waals surface area contributed by atoms with E-state index in [9.17, 15) is 22.0 Å². The van der Waals surface area contributed by atoms with E-state index in [1.165, 1.54) is 0 Å². The van der Waals surface area contributed by atoms with Crippen molar-refractivity contribution in [2.24, 2.45) is 0 Å². The number of carbonyl (C=O) groups excluding carboxylic acids is 1. The molecule has 1 heterocycles. The van der Waals surface area contributed by atoms with Crippen LogP contribution in [0.3, 0.4) is 0 Å². The average Bonchev–Trinajstić information content (AvgIpc) is 2.68. The quantitative estimate of drug-likeness (QED) is 0.698. The van der Waals surface area contributed by atoms with Crippen LogP contribution in [-0.4, -0.2) is 62.5 Å². The van der Waals surface area contributed by atoms with E-state index in [1.54, 1.807) is 16.7 Å². The first kappa shape index (κ1) is 21.7. The van der Waals surface area contributed by atoms with Gasteiger partial charge in [0.2, 0.25) is 15.9 Å². The van der Waals surface area contributed by atoms with E-state index in [1.807, 2.05) is 30.5 Å². The molecule has 3 rings (SSSR count). The maximum absolute atomic E-state index is 13.9. The van der Waals surface area contributed by atoms with Crippen molar-refractivity contribution < 1.29 is 22.0 Å². The molecule has 6 nitrogen and oxygen atoms in total. The lowest BCUT2D eigenvalue weighted by molar-refractivity contribution is -0.117. The molecule has 0 atom stereocenters. The number of nitrogens with zero attached hydrogens (tertiary/aromatic N) is 2. The number of piperazine rings is 1. The van der Waals surface area contributed by atoms with Crippen molar-refractivity contribution in [1.29, 1.82) is 0 Å². The Kier molecular flexibility index (Phi) is 6.89. The van der Waals surface area contributed by atoms with Gasteiger partial charge >= 0.3 is 0 Å². The molecule has 0 spiro atoms. The van der Waals surface area contributed by atoms with Gasteiger partial charge in [0.15, 0.2) is 4.90 Å². The predicted molar refractivity (Wildman–Crippen MR) is 108 cm³/mol. The second-order valence-corrected chi connectivity index (χ2v) is 9.26. The highest BCUT2D eigenvalue weighted by Crippen LogP contribution is 2.23. The third kappa shape index (κ3) is 5.13. The lowest BCUT2D eigenvalue weighted by atomic mass is 10.3. The lowest BCUT2D eigenvalue weighted by Crippen LogP contribution is -2.50. The van der Waals surface area contributed by atoms with Crippen molar-refractivity contribution >= 4 is 33.4 Å². The van der Waals surface area contributed by atoms with Crippen LogP contribution < -0.4 is 5.32 Å². The zero-order valence-electron chi connectivity index (χ0n) is 15.8. The van der Waals surface area contributed by atoms with Crippen molar-refractivity contribution in [3.8, 4) is 0 Å². The molecule has 2 aromatic carbocycles. The van der Waals surface area contributed by atoms with Crippen LogP contribution in [0, 0.1) is 11.6 Å². The van der Waals surface area contributed by atoms with Crippen molar-refractivity contribution in [3.05, 3.63) is 54.1 Å². The molecule has 1 aliphatic rings. The summed E-state index contributed by atoms with van der Waals surface area (Å²) in [4.78, 5) is 14.2. The Labute approximate surface area is 172 Å². The molecule has 0 radical (unpaired) electrons. The van der Waals surface area contributed by atoms with Crippen molar-refractivity contribution in [3.63, 3.8) is 0 Å². The van der Waals surface area contributed by atoms with E-state index in [2.05, 4.69) is 5.32 Å². The number of thioether (sulfide) groups is 1. The van der Waals surface area contributed by atoms with Gasteiger partial charge in [0.25, 0.3) is 0 Å². The standard InChI is InChI=1S/C19H21F2N3O3S2/c1-28-15-7-5-14(6-8-15)22-18(25)13-23-9-11-24(12-10-23)29(26,27)19-16(20)3-2-4-17(19)21/h2-8H,9-13H2,1H3,(H,22,25). The molecule has 0 aromatic heterocycles. The molecule has 0 saturated carbocycles. The summed E-state index contributed by atoms with van der Waals surface area (Å²) in [7, 11) is -4.28. The molecule has 156 valence electrons. The Morgan fingerprint density at radius 2 is 1.62 bits per heavy atom. The molecule has 1 fully saturated rings. The predicted octanol–water partition coefficient (Wildman–Crippen LogP) is 2.63. The molecule has 29 heavy (non-hydrogen) atoms. The largest absolute Gasteiger partial charge is 0.325 e. The average molecular weight is 442 g/mol. The van der Waals surface area contributed by atoms with E-state index in [0.29, 0.717) is 5.69 Å². The number of sulfonamides is 1. The van der Waals surface area contributed by atoms with Crippen LogP contribution in [0.15, 0.2) is 52.3 Å². The Hall–Kier alpha value is -2.01. The first-order chi connectivity index (χ1) is 13.8. The zero-order valence-corrected chi connectivity index (χ0v) is 17.4. The minimum Gasteiger partial charge on any atom is -0.325 e. The van der Waals surface area contributed by atoms with Gasteiger partial charge in [-0.25, -0.2) is 17.2 Å². The molecular weight excluding hydrogens is 420 g/mol. The summed E-state index contributed by atoms with van der Waals surface area (Å²) >= 11 is 1.61. The second-order valence-electron chi connectivity index (χ2n) is 6.51. The Bertz CT molecular complexity index is 956. The van der Waals surface area contributed by atoms with Crippen LogP contribution in [0.4, 0.5) is 14.5 Å². The summed E-state index contributed by atoms with van der Waals surface area (Å²) in [5.41, 5.74) is 0.684. The number of hydrogen-bond donors (Lipinski definition) is 1. The van der Waals surface area contributed by atoms with Gasteiger partial charge in [0.1, 0.15) is 11.6 Å². The molecule has 0 bridgehead atoms. The number of carbonyl (C=O) groups is 1. The van der Waals surface area contributed by atoms with Crippen molar-refractivity contribution in [1.82, 2.24) is 9.21 Å². The lowest BCUT2D eigenvalue weighted by Gasteiger charge is -2.33. The van der Waals surface area contributed by atoms with Crippen LogP contribution in [0.1, 0.15) is 0 Å². The van der Waals surface area contributed by atoms with E-state index >= 15 is 0 Å². The maximum atomic E-state index is 13.9. The molecular formula is C19H21F2N3O3S2. The molecule has 0 unspecified atom stereocenters. The maximum Gasteiger partial charge on any atom is 0.249 e. The number of amides is 1. The van der Waals surface area contributed by atoms with Gasteiger partial charge in [-0.2, -0.15) is 4.31 Å². The fraction of sp³-hybridized carbons (Fsp3) is 0.316. The van der Waals surface area contributed by atoms with E-state index in [-0.39, 0.29) is 38.6 Å². The van der Waals surface area contributed by atoms with Gasteiger partial charge in [-0.3, -0.25) is 9.69 Å². The number of hydrogen-bond acceptors (Lipinski definition) is 5. The number of benzene rings is 2. The van der Waals surface area contributed by atoms with E-state index in [0.717, 1.165) is 27.4 Å². The number of anilines is 1. The minimum absolute atomic E-state index is 0.0474. The van der Waals surface area contributed by atoms with Crippen LogP contribution in [0.25, 0.3) is 0 Å². The Balaban J connectivity index is 1.56. The normalized spacial score (nSPS) is 16.0. The van der Waals surface area contributed by atoms with Crippen LogP contribution in [-0.2, 0) is 14.8 Å². The highest BCUT2D eigenvalue weighted by molar-refractivity contribution is 7.98. The van der Waals surface area contributed by atoms with E-state index in [4.69, 9.17) is 0 Å². The van der Waals surface area contributed by atoms with Gasteiger partial charge in [-0.1, -0.05) is 6.07 Å². The first-order valence-corrected chi connectivity index (χ1v) is 11.6. The zero-order chi connectivity index (χ0) is 21.0. The first-order valence-electron chi connectivity index (χ1n) is 8.91. The monoisotopic (exact) mass is 441 g/mol. The third-order valence-electron chi connectivity index (χ3n) is 4.59. The summed E-state index contributed by atoms with van der Waals surface area (Å²) in [5.74, 6) is -2.43. The minimum atomic E-state index is -4.28. The number of halogens is 2. The highest BCUT2D eigenvalue weighted by atomic mass is 32.2. The molecule has 1 amide bonds. The number of rotatable bonds is 6. The van der Waals surface area contributed by atoms with Gasteiger partial charge in [0, 0.05) is 36.8 Å². The highest BCUT2D eigenvalue weighted by Gasteiger charge is 2.33. The van der Waals surface area contributed by atoms with Crippen LogP contribution in [0.5, 0.6) is 0 Å². The van der Waals surface area contributed by atoms with Crippen LogP contribution in [0.2, 0.25) is 0 Å². The van der Waals surface area contributed by atoms with Crippen LogP contribution >= 0.6 is 11.8 Å². The molecule has 1 N–H and O–H groups in total. The summed E-state index contributed by atoms with van der Waals surface area (Å²) in [6, 6.07) is 10.4. The molecule has 1 aliphatic heterocycles. The third-order valence-corrected chi connectivity index (χ3v) is 7.28. The smallest absolute Gasteiger partial charge is 0.249 e. The topological polar surface area (TPSA) is 69.7 Å². The van der Waals surface area contributed by atoms with Gasteiger partial charge in [-0.15, -0.1) is 11.8 Å². The molecule has 10 heteroatoms. The summed E-state index contributed by atoms with van der Waals surface area (Å²) in [6.07, 6.45) is 1.97. The van der Waals surface area contributed by atoms with Crippen molar-refractivity contribution in [2.45, 2.75) is 9.79 Å². The van der Waals surface area contributed by atoms with Crippen molar-refractivity contribution in [2.75, 3.05) is 44.3 Å². The number of nitrogens with one attached hydrogen (secondary N) is 1. The Morgan fingerprint density at radius 1 is 1.03 bits per heavy atom. The second kappa shape index (κ2) is 9.21. The summed E-state index contributed by atoms with van der Waals surface area (Å²) in [6.45, 7) is 0.770. The summed E-state index contributed by atoms with van der Waals surface area (Å²) < 4.78 is 54.0. The molecule has 2 aromatic rings. The summed E-state index contributed by atoms with van der Waals surface area (Å²) in [5, 5.41) is 2.80. The SMILES string of the molecule is CSc1ccc(NC(=O)CN2CCN(S(=O)(=O)c3c(F)cccc3F)CC2)cc1. The Morgan fingerprint density at radius 3 is 2.17 bits per heavy atom. The van der Waals surface area contributed by atoms with Gasteiger partial charge in [0.05, 0.1) is 6.54 Å². The van der Waals surface area contributed by atoms with Gasteiger partial charge < -0.3 is 5.32 Å². The van der Waals surface area contributed by atoms with E-state index < -0.39 is 26.6 Å². The fourth-order valence-corrected chi connectivity index (χ4v) is 5.00. The van der Waals surface area contributed by atoms with Gasteiger partial charge in [-0.05, 0) is 42.7 Å². The molecule has 0 aliphatic carbocycles.